The molecule has 0 bridgehead atoms. The maximum Gasteiger partial charge on any atom is 0.240 e. The third kappa shape index (κ3) is 3.43. The van der Waals surface area contributed by atoms with E-state index in [-0.39, 0.29) is 17.4 Å². The van der Waals surface area contributed by atoms with E-state index in [0.29, 0.717) is 19.6 Å². The van der Waals surface area contributed by atoms with Crippen LogP contribution >= 0.6 is 0 Å². The van der Waals surface area contributed by atoms with E-state index in [2.05, 4.69) is 37.4 Å². The molecule has 2 rings (SSSR count). The topological polar surface area (TPSA) is 64.3 Å². The van der Waals surface area contributed by atoms with Gasteiger partial charge in [-0.1, -0.05) is 43.2 Å². The Bertz CT molecular complexity index is 562. The van der Waals surface area contributed by atoms with Crippen molar-refractivity contribution in [1.82, 2.24) is 5.32 Å². The average Bonchev–Trinajstić information content (AvgIpc) is 2.45. The molecule has 4 nitrogen and oxygen atoms in total. The van der Waals surface area contributed by atoms with E-state index in [1.165, 1.54) is 16.7 Å². The molecule has 0 spiro atoms. The first kappa shape index (κ1) is 18.0. The van der Waals surface area contributed by atoms with E-state index in [0.717, 1.165) is 6.42 Å². The molecular formula is C19H30N2O2. The zero-order valence-electron chi connectivity index (χ0n) is 15.0. The first-order valence-corrected chi connectivity index (χ1v) is 8.46. The average molecular weight is 318 g/mol. The third-order valence-electron chi connectivity index (χ3n) is 5.22. The quantitative estimate of drug-likeness (QED) is 0.847. The SMILES string of the molecule is CCOC1CC(N)(C(=O)NCCc2cc(C)cc(C)c2)C1(C)C. The number of carbonyl (C=O) groups is 1. The van der Waals surface area contributed by atoms with E-state index in [1.54, 1.807) is 0 Å². The van der Waals surface area contributed by atoms with Gasteiger partial charge >= 0.3 is 0 Å². The summed E-state index contributed by atoms with van der Waals surface area (Å²) in [7, 11) is 0. The molecule has 1 fully saturated rings. The van der Waals surface area contributed by atoms with Gasteiger partial charge in [-0.2, -0.15) is 0 Å². The number of ether oxygens (including phenoxy) is 1. The van der Waals surface area contributed by atoms with Gasteiger partial charge in [-0.3, -0.25) is 4.79 Å². The van der Waals surface area contributed by atoms with Crippen LogP contribution in [-0.4, -0.2) is 30.7 Å². The number of aryl methyl sites for hydroxylation is 2. The Labute approximate surface area is 139 Å². The fraction of sp³-hybridized carbons (Fsp3) is 0.632. The Balaban J connectivity index is 1.90. The molecule has 0 aromatic heterocycles. The molecular weight excluding hydrogens is 288 g/mol. The summed E-state index contributed by atoms with van der Waals surface area (Å²) in [6.07, 6.45) is 1.46. The van der Waals surface area contributed by atoms with Gasteiger partial charge in [-0.25, -0.2) is 0 Å². The fourth-order valence-corrected chi connectivity index (χ4v) is 3.51. The third-order valence-corrected chi connectivity index (χ3v) is 5.22. The van der Waals surface area contributed by atoms with Gasteiger partial charge in [0.1, 0.15) is 5.54 Å². The van der Waals surface area contributed by atoms with Crippen LogP contribution in [0.1, 0.15) is 43.9 Å². The normalized spacial score (nSPS) is 25.7. The highest BCUT2D eigenvalue weighted by atomic mass is 16.5. The van der Waals surface area contributed by atoms with E-state index in [9.17, 15) is 4.79 Å². The molecule has 128 valence electrons. The van der Waals surface area contributed by atoms with E-state index >= 15 is 0 Å². The Morgan fingerprint density at radius 1 is 1.30 bits per heavy atom. The summed E-state index contributed by atoms with van der Waals surface area (Å²) in [5.41, 5.74) is 8.95. The van der Waals surface area contributed by atoms with Gasteiger partial charge in [0.05, 0.1) is 6.10 Å². The summed E-state index contributed by atoms with van der Waals surface area (Å²) in [5, 5.41) is 3.01. The van der Waals surface area contributed by atoms with Crippen molar-refractivity contribution in [2.75, 3.05) is 13.2 Å². The molecule has 23 heavy (non-hydrogen) atoms. The van der Waals surface area contributed by atoms with Crippen LogP contribution in [0.15, 0.2) is 18.2 Å². The molecule has 3 N–H and O–H groups in total. The second-order valence-corrected chi connectivity index (χ2v) is 7.34. The van der Waals surface area contributed by atoms with Crippen LogP contribution in [0.2, 0.25) is 0 Å². The van der Waals surface area contributed by atoms with Crippen LogP contribution in [0, 0.1) is 19.3 Å². The minimum Gasteiger partial charge on any atom is -0.378 e. The number of benzene rings is 1. The number of rotatable bonds is 6. The summed E-state index contributed by atoms with van der Waals surface area (Å²) in [6.45, 7) is 11.4. The predicted octanol–water partition coefficient (Wildman–Crippen LogP) is 2.49. The number of hydrogen-bond donors (Lipinski definition) is 2. The van der Waals surface area contributed by atoms with Crippen molar-refractivity contribution in [3.8, 4) is 0 Å². The predicted molar refractivity (Wildman–Crippen MR) is 93.4 cm³/mol. The Hall–Kier alpha value is -1.39. The Morgan fingerprint density at radius 3 is 2.43 bits per heavy atom. The Morgan fingerprint density at radius 2 is 1.91 bits per heavy atom. The van der Waals surface area contributed by atoms with Gasteiger partial charge in [0.25, 0.3) is 0 Å². The van der Waals surface area contributed by atoms with Crippen LogP contribution in [0.4, 0.5) is 0 Å². The molecule has 1 aromatic carbocycles. The van der Waals surface area contributed by atoms with Gasteiger partial charge in [-0.05, 0) is 32.8 Å². The maximum absolute atomic E-state index is 12.5. The van der Waals surface area contributed by atoms with Gasteiger partial charge in [0.2, 0.25) is 5.91 Å². The summed E-state index contributed by atoms with van der Waals surface area (Å²) in [4.78, 5) is 12.5. The van der Waals surface area contributed by atoms with Gasteiger partial charge in [0, 0.05) is 25.0 Å². The lowest BCUT2D eigenvalue weighted by Crippen LogP contribution is -2.75. The second kappa shape index (κ2) is 6.62. The Kier molecular flexibility index (Phi) is 5.17. The van der Waals surface area contributed by atoms with Gasteiger partial charge in [0.15, 0.2) is 0 Å². The molecule has 1 saturated carbocycles. The smallest absolute Gasteiger partial charge is 0.240 e. The van der Waals surface area contributed by atoms with E-state index in [1.807, 2.05) is 20.8 Å². The summed E-state index contributed by atoms with van der Waals surface area (Å²) in [5.74, 6) is -0.0668. The summed E-state index contributed by atoms with van der Waals surface area (Å²) >= 11 is 0. The molecule has 2 atom stereocenters. The highest BCUT2D eigenvalue weighted by molar-refractivity contribution is 5.88. The highest BCUT2D eigenvalue weighted by Gasteiger charge is 2.62. The maximum atomic E-state index is 12.5. The molecule has 2 unspecified atom stereocenters. The van der Waals surface area contributed by atoms with Crippen molar-refractivity contribution < 1.29 is 9.53 Å². The van der Waals surface area contributed by atoms with Crippen molar-refractivity contribution >= 4 is 5.91 Å². The molecule has 0 heterocycles. The number of nitrogens with two attached hydrogens (primary N) is 1. The molecule has 1 amide bonds. The zero-order valence-corrected chi connectivity index (χ0v) is 15.0. The standard InChI is InChI=1S/C19H30N2O2/c1-6-23-16-12-19(20,18(16,4)5)17(22)21-8-7-15-10-13(2)9-14(3)11-15/h9-11,16H,6-8,12,20H2,1-5H3,(H,21,22). The van der Waals surface area contributed by atoms with Crippen LogP contribution in [-0.2, 0) is 16.0 Å². The second-order valence-electron chi connectivity index (χ2n) is 7.34. The van der Waals surface area contributed by atoms with Crippen LogP contribution < -0.4 is 11.1 Å². The lowest BCUT2D eigenvalue weighted by atomic mass is 9.54. The molecule has 0 radical (unpaired) electrons. The van der Waals surface area contributed by atoms with Crippen molar-refractivity contribution in [2.24, 2.45) is 11.1 Å². The first-order chi connectivity index (χ1) is 10.7. The van der Waals surface area contributed by atoms with E-state index < -0.39 is 5.54 Å². The summed E-state index contributed by atoms with van der Waals surface area (Å²) < 4.78 is 5.68. The first-order valence-electron chi connectivity index (χ1n) is 8.46. The lowest BCUT2D eigenvalue weighted by Gasteiger charge is -2.57. The van der Waals surface area contributed by atoms with E-state index in [4.69, 9.17) is 10.5 Å². The number of hydrogen-bond acceptors (Lipinski definition) is 3. The zero-order chi connectivity index (χ0) is 17.3. The lowest BCUT2D eigenvalue weighted by molar-refractivity contribution is -0.170. The molecule has 1 aromatic rings. The highest BCUT2D eigenvalue weighted by Crippen LogP contribution is 2.49. The van der Waals surface area contributed by atoms with Crippen LogP contribution in [0.25, 0.3) is 0 Å². The molecule has 4 heteroatoms. The fourth-order valence-electron chi connectivity index (χ4n) is 3.51. The molecule has 0 saturated heterocycles. The van der Waals surface area contributed by atoms with Crippen molar-refractivity contribution in [2.45, 2.75) is 59.1 Å². The molecule has 0 aliphatic heterocycles. The number of amides is 1. The minimum absolute atomic E-state index is 0.0580. The van der Waals surface area contributed by atoms with Crippen molar-refractivity contribution in [3.63, 3.8) is 0 Å². The van der Waals surface area contributed by atoms with Crippen molar-refractivity contribution in [1.29, 1.82) is 0 Å². The van der Waals surface area contributed by atoms with Gasteiger partial charge < -0.3 is 15.8 Å². The monoisotopic (exact) mass is 318 g/mol. The summed E-state index contributed by atoms with van der Waals surface area (Å²) in [6, 6.07) is 6.48. The number of nitrogens with one attached hydrogen (secondary N) is 1. The van der Waals surface area contributed by atoms with Crippen LogP contribution in [0.5, 0.6) is 0 Å². The minimum atomic E-state index is -0.838. The largest absolute Gasteiger partial charge is 0.378 e. The molecule has 1 aliphatic rings. The van der Waals surface area contributed by atoms with Crippen LogP contribution in [0.3, 0.4) is 0 Å². The number of carbonyl (C=O) groups excluding carboxylic acids is 1. The van der Waals surface area contributed by atoms with Crippen molar-refractivity contribution in [3.05, 3.63) is 34.9 Å². The van der Waals surface area contributed by atoms with Gasteiger partial charge in [-0.15, -0.1) is 0 Å². The molecule has 1 aliphatic carbocycles.